The first-order valence-corrected chi connectivity index (χ1v) is 6.75. The molecule has 1 aromatic heterocycles. The molecule has 0 aliphatic carbocycles. The van der Waals surface area contributed by atoms with Crippen molar-refractivity contribution in [1.29, 1.82) is 0 Å². The van der Waals surface area contributed by atoms with Crippen LogP contribution in [0.1, 0.15) is 5.56 Å². The number of amides is 2. The molecule has 0 atom stereocenters. The SMILES string of the molecule is O=C(NCc1ccoc1)Nc1cc(Br)ccc1Br. The van der Waals surface area contributed by atoms with Crippen LogP contribution in [0.2, 0.25) is 0 Å². The minimum Gasteiger partial charge on any atom is -0.472 e. The number of hydrogen-bond acceptors (Lipinski definition) is 2. The highest BCUT2D eigenvalue weighted by Crippen LogP contribution is 2.25. The van der Waals surface area contributed by atoms with Gasteiger partial charge in [-0.25, -0.2) is 4.79 Å². The Hall–Kier alpha value is -1.27. The Morgan fingerprint density at radius 1 is 1.28 bits per heavy atom. The molecule has 1 heterocycles. The largest absolute Gasteiger partial charge is 0.472 e. The standard InChI is InChI=1S/C12H10Br2N2O2/c13-9-1-2-10(14)11(5-9)16-12(17)15-6-8-3-4-18-7-8/h1-5,7H,6H2,(H2,15,16,17). The average Bonchev–Trinajstić information content (AvgIpc) is 2.84. The van der Waals surface area contributed by atoms with Crippen molar-refractivity contribution in [2.75, 3.05) is 5.32 Å². The molecule has 1 aromatic carbocycles. The predicted octanol–water partition coefficient (Wildman–Crippen LogP) is 4.13. The van der Waals surface area contributed by atoms with Gasteiger partial charge in [0.25, 0.3) is 0 Å². The van der Waals surface area contributed by atoms with Crippen LogP contribution in [0.5, 0.6) is 0 Å². The lowest BCUT2D eigenvalue weighted by atomic mass is 10.3. The molecule has 0 radical (unpaired) electrons. The lowest BCUT2D eigenvalue weighted by molar-refractivity contribution is 0.251. The molecule has 18 heavy (non-hydrogen) atoms. The average molecular weight is 374 g/mol. The third-order valence-corrected chi connectivity index (χ3v) is 3.39. The summed E-state index contributed by atoms with van der Waals surface area (Å²) in [5.41, 5.74) is 1.62. The number of carbonyl (C=O) groups is 1. The second-order valence-corrected chi connectivity index (χ2v) is 5.33. The Morgan fingerprint density at radius 2 is 2.11 bits per heavy atom. The van der Waals surface area contributed by atoms with Crippen LogP contribution in [-0.2, 0) is 6.54 Å². The van der Waals surface area contributed by atoms with Gasteiger partial charge in [-0.2, -0.15) is 0 Å². The lowest BCUT2D eigenvalue weighted by Crippen LogP contribution is -2.28. The molecule has 2 amide bonds. The third kappa shape index (κ3) is 3.61. The van der Waals surface area contributed by atoms with Gasteiger partial charge in [0.15, 0.2) is 0 Å². The Kier molecular flexibility index (Phi) is 4.43. The summed E-state index contributed by atoms with van der Waals surface area (Å²) in [5.74, 6) is 0. The van der Waals surface area contributed by atoms with E-state index >= 15 is 0 Å². The summed E-state index contributed by atoms with van der Waals surface area (Å²) in [4.78, 5) is 11.7. The van der Waals surface area contributed by atoms with Crippen LogP contribution < -0.4 is 10.6 Å². The number of rotatable bonds is 3. The number of anilines is 1. The fourth-order valence-corrected chi connectivity index (χ4v) is 2.04. The van der Waals surface area contributed by atoms with Crippen LogP contribution in [0.15, 0.2) is 50.2 Å². The van der Waals surface area contributed by atoms with E-state index in [9.17, 15) is 4.79 Å². The van der Waals surface area contributed by atoms with Crippen LogP contribution >= 0.6 is 31.9 Å². The highest BCUT2D eigenvalue weighted by atomic mass is 79.9. The van der Waals surface area contributed by atoms with Gasteiger partial charge >= 0.3 is 6.03 Å². The maximum absolute atomic E-state index is 11.7. The summed E-state index contributed by atoms with van der Waals surface area (Å²) in [6.07, 6.45) is 3.16. The summed E-state index contributed by atoms with van der Waals surface area (Å²) < 4.78 is 6.64. The molecule has 94 valence electrons. The van der Waals surface area contributed by atoms with Gasteiger partial charge < -0.3 is 15.1 Å². The third-order valence-electron chi connectivity index (χ3n) is 2.21. The first-order chi connectivity index (χ1) is 8.65. The number of furan rings is 1. The molecule has 0 unspecified atom stereocenters. The van der Waals surface area contributed by atoms with Crippen molar-refractivity contribution in [3.63, 3.8) is 0 Å². The van der Waals surface area contributed by atoms with E-state index in [-0.39, 0.29) is 6.03 Å². The molecule has 0 aliphatic heterocycles. The molecule has 0 aliphatic rings. The Bertz CT molecular complexity index is 541. The second-order valence-electron chi connectivity index (χ2n) is 3.56. The summed E-state index contributed by atoms with van der Waals surface area (Å²) in [6.45, 7) is 0.425. The van der Waals surface area contributed by atoms with Gasteiger partial charge in [-0.3, -0.25) is 0 Å². The Morgan fingerprint density at radius 3 is 2.83 bits per heavy atom. The Labute approximate surface area is 121 Å². The van der Waals surface area contributed by atoms with E-state index in [1.165, 1.54) is 0 Å². The fourth-order valence-electron chi connectivity index (χ4n) is 1.34. The molecular formula is C12H10Br2N2O2. The zero-order valence-corrected chi connectivity index (χ0v) is 12.4. The summed E-state index contributed by atoms with van der Waals surface area (Å²) >= 11 is 6.72. The molecule has 0 saturated carbocycles. The molecule has 2 aromatic rings. The highest BCUT2D eigenvalue weighted by Gasteiger charge is 2.06. The van der Waals surface area contributed by atoms with Crippen LogP contribution in [-0.4, -0.2) is 6.03 Å². The van der Waals surface area contributed by atoms with Crippen molar-refractivity contribution >= 4 is 43.6 Å². The van der Waals surface area contributed by atoms with E-state index in [0.717, 1.165) is 14.5 Å². The topological polar surface area (TPSA) is 54.3 Å². The lowest BCUT2D eigenvalue weighted by Gasteiger charge is -2.08. The number of halogens is 2. The van der Waals surface area contributed by atoms with Gasteiger partial charge in [0, 0.05) is 21.1 Å². The molecule has 6 heteroatoms. The molecule has 2 rings (SSSR count). The van der Waals surface area contributed by atoms with Crippen molar-refractivity contribution in [3.8, 4) is 0 Å². The van der Waals surface area contributed by atoms with Gasteiger partial charge in [-0.15, -0.1) is 0 Å². The number of carbonyl (C=O) groups excluding carboxylic acids is 1. The highest BCUT2D eigenvalue weighted by molar-refractivity contribution is 9.11. The van der Waals surface area contributed by atoms with Gasteiger partial charge in [0.05, 0.1) is 18.2 Å². The van der Waals surface area contributed by atoms with Gasteiger partial charge in [-0.1, -0.05) is 15.9 Å². The zero-order chi connectivity index (χ0) is 13.0. The first-order valence-electron chi connectivity index (χ1n) is 5.16. The van der Waals surface area contributed by atoms with Crippen molar-refractivity contribution in [3.05, 3.63) is 51.3 Å². The number of nitrogens with one attached hydrogen (secondary N) is 2. The minimum absolute atomic E-state index is 0.269. The maximum atomic E-state index is 11.7. The molecule has 4 nitrogen and oxygen atoms in total. The number of hydrogen-bond donors (Lipinski definition) is 2. The van der Waals surface area contributed by atoms with Crippen molar-refractivity contribution in [2.45, 2.75) is 6.54 Å². The summed E-state index contributed by atoms with van der Waals surface area (Å²) in [6, 6.07) is 7.10. The monoisotopic (exact) mass is 372 g/mol. The second kappa shape index (κ2) is 6.06. The van der Waals surface area contributed by atoms with E-state index in [4.69, 9.17) is 4.42 Å². The van der Waals surface area contributed by atoms with Crippen LogP contribution in [0.3, 0.4) is 0 Å². The first kappa shape index (κ1) is 13.2. The number of urea groups is 1. The van der Waals surface area contributed by atoms with Crippen LogP contribution in [0, 0.1) is 0 Å². The quantitative estimate of drug-likeness (QED) is 0.849. The van der Waals surface area contributed by atoms with Crippen LogP contribution in [0.4, 0.5) is 10.5 Å². The van der Waals surface area contributed by atoms with E-state index in [1.54, 1.807) is 18.6 Å². The Balaban J connectivity index is 1.92. The smallest absolute Gasteiger partial charge is 0.319 e. The maximum Gasteiger partial charge on any atom is 0.319 e. The van der Waals surface area contributed by atoms with E-state index < -0.39 is 0 Å². The molecule has 0 saturated heterocycles. The molecule has 0 fully saturated rings. The summed E-state index contributed by atoms with van der Waals surface area (Å²) in [5, 5.41) is 5.49. The van der Waals surface area contributed by atoms with Crippen molar-refractivity contribution < 1.29 is 9.21 Å². The van der Waals surface area contributed by atoms with Crippen molar-refractivity contribution in [1.82, 2.24) is 5.32 Å². The fraction of sp³-hybridized carbons (Fsp3) is 0.0833. The van der Waals surface area contributed by atoms with Gasteiger partial charge in [0.1, 0.15) is 0 Å². The normalized spacial score (nSPS) is 10.1. The van der Waals surface area contributed by atoms with E-state index in [2.05, 4.69) is 42.5 Å². The van der Waals surface area contributed by atoms with Crippen LogP contribution in [0.25, 0.3) is 0 Å². The van der Waals surface area contributed by atoms with E-state index in [0.29, 0.717) is 12.2 Å². The zero-order valence-electron chi connectivity index (χ0n) is 9.24. The molecule has 0 spiro atoms. The van der Waals surface area contributed by atoms with E-state index in [1.807, 2.05) is 18.2 Å². The molecular weight excluding hydrogens is 364 g/mol. The van der Waals surface area contributed by atoms with Crippen molar-refractivity contribution in [2.24, 2.45) is 0 Å². The summed E-state index contributed by atoms with van der Waals surface area (Å²) in [7, 11) is 0. The number of benzene rings is 1. The van der Waals surface area contributed by atoms with Gasteiger partial charge in [0.2, 0.25) is 0 Å². The van der Waals surface area contributed by atoms with Gasteiger partial charge in [-0.05, 0) is 40.2 Å². The molecule has 0 bridgehead atoms. The predicted molar refractivity (Wildman–Crippen MR) is 76.4 cm³/mol. The molecule has 2 N–H and O–H groups in total. The minimum atomic E-state index is -0.269.